The van der Waals surface area contributed by atoms with E-state index in [2.05, 4.69) is 4.72 Å². The second-order valence-electron chi connectivity index (χ2n) is 5.98. The zero-order chi connectivity index (χ0) is 18.5. The average Bonchev–Trinajstić information content (AvgIpc) is 2.88. The van der Waals surface area contributed by atoms with Gasteiger partial charge in [0.2, 0.25) is 0 Å². The molecule has 0 radical (unpaired) electrons. The van der Waals surface area contributed by atoms with Gasteiger partial charge in [-0.2, -0.15) is 0 Å². The van der Waals surface area contributed by atoms with Crippen molar-refractivity contribution in [1.29, 1.82) is 0 Å². The summed E-state index contributed by atoms with van der Waals surface area (Å²) in [5.74, 6) is 0.509. The minimum absolute atomic E-state index is 0.0363. The number of hydrogen-bond donors (Lipinski definition) is 1. The van der Waals surface area contributed by atoms with Gasteiger partial charge in [-0.05, 0) is 30.7 Å². The van der Waals surface area contributed by atoms with Crippen molar-refractivity contribution in [3.05, 3.63) is 46.4 Å². The van der Waals surface area contributed by atoms with Gasteiger partial charge in [-0.25, -0.2) is 13.2 Å². The van der Waals surface area contributed by atoms with E-state index >= 15 is 0 Å². The van der Waals surface area contributed by atoms with Gasteiger partial charge in [0.15, 0.2) is 17.1 Å². The van der Waals surface area contributed by atoms with Crippen LogP contribution in [-0.4, -0.2) is 26.2 Å². The van der Waals surface area contributed by atoms with Crippen LogP contribution in [0, 0.1) is 6.92 Å². The first-order valence-corrected chi connectivity index (χ1v) is 9.36. The Kier molecular flexibility index (Phi) is 3.69. The lowest BCUT2D eigenvalue weighted by Gasteiger charge is -2.19. The molecular formula is C17H16N2O6S. The quantitative estimate of drug-likeness (QED) is 0.751. The largest absolute Gasteiger partial charge is 0.486 e. The van der Waals surface area contributed by atoms with Crippen LogP contribution in [0.2, 0.25) is 0 Å². The van der Waals surface area contributed by atoms with Crippen LogP contribution in [0.4, 0.5) is 5.69 Å². The summed E-state index contributed by atoms with van der Waals surface area (Å²) in [7, 11) is -2.32. The smallest absolute Gasteiger partial charge is 0.419 e. The zero-order valence-corrected chi connectivity index (χ0v) is 14.9. The maximum atomic E-state index is 12.8. The van der Waals surface area contributed by atoms with Gasteiger partial charge in [-0.1, -0.05) is 0 Å². The van der Waals surface area contributed by atoms with Gasteiger partial charge < -0.3 is 13.9 Å². The first-order chi connectivity index (χ1) is 12.3. The molecule has 1 N–H and O–H groups in total. The number of fused-ring (bicyclic) bond motifs is 2. The number of nitrogens with zero attached hydrogens (tertiary/aromatic N) is 1. The number of aryl methyl sites for hydroxylation is 2. The second-order valence-corrected chi connectivity index (χ2v) is 7.63. The Morgan fingerprint density at radius 1 is 1.08 bits per heavy atom. The molecule has 2 heterocycles. The van der Waals surface area contributed by atoms with E-state index in [9.17, 15) is 13.2 Å². The summed E-state index contributed by atoms with van der Waals surface area (Å²) in [6.45, 7) is 2.53. The van der Waals surface area contributed by atoms with Crippen LogP contribution in [0.5, 0.6) is 11.5 Å². The third-order valence-electron chi connectivity index (χ3n) is 4.17. The first-order valence-electron chi connectivity index (χ1n) is 7.88. The van der Waals surface area contributed by atoms with Crippen LogP contribution in [-0.2, 0) is 17.1 Å². The molecule has 3 aromatic rings. The van der Waals surface area contributed by atoms with E-state index in [1.165, 1.54) is 10.6 Å². The Bertz CT molecular complexity index is 1180. The SMILES string of the molecule is Cc1cc2c(cc1S(=O)(=O)Nc1ccc3c(c1)OCCO3)oc(=O)n2C. The minimum atomic E-state index is -3.88. The van der Waals surface area contributed by atoms with E-state index in [0.29, 0.717) is 41.5 Å². The molecule has 1 aromatic heterocycles. The standard InChI is InChI=1S/C17H16N2O6S/c1-10-7-12-14(25-17(20)19(12)2)9-16(10)26(21,22)18-11-3-4-13-15(8-11)24-6-5-23-13/h3-4,7-9,18H,5-6H2,1-2H3. The Balaban J connectivity index is 1.74. The molecule has 1 aliphatic heterocycles. The van der Waals surface area contributed by atoms with Crippen LogP contribution in [0.25, 0.3) is 11.1 Å². The minimum Gasteiger partial charge on any atom is -0.486 e. The van der Waals surface area contributed by atoms with Gasteiger partial charge in [0.25, 0.3) is 10.0 Å². The van der Waals surface area contributed by atoms with Gasteiger partial charge >= 0.3 is 5.76 Å². The highest BCUT2D eigenvalue weighted by molar-refractivity contribution is 7.92. The van der Waals surface area contributed by atoms with E-state index in [1.54, 1.807) is 38.2 Å². The molecule has 8 nitrogen and oxygen atoms in total. The highest BCUT2D eigenvalue weighted by atomic mass is 32.2. The summed E-state index contributed by atoms with van der Waals surface area (Å²) in [6, 6.07) is 7.79. The number of anilines is 1. The van der Waals surface area contributed by atoms with Crippen LogP contribution in [0.15, 0.2) is 44.4 Å². The molecule has 26 heavy (non-hydrogen) atoms. The number of hydrogen-bond acceptors (Lipinski definition) is 6. The van der Waals surface area contributed by atoms with Crippen molar-refractivity contribution in [3.8, 4) is 11.5 Å². The second kappa shape index (κ2) is 5.80. The molecule has 0 amide bonds. The summed E-state index contributed by atoms with van der Waals surface area (Å²) in [4.78, 5) is 11.7. The number of nitrogens with one attached hydrogen (secondary N) is 1. The van der Waals surface area contributed by atoms with Crippen LogP contribution in [0.1, 0.15) is 5.56 Å². The van der Waals surface area contributed by atoms with Gasteiger partial charge in [0, 0.05) is 19.2 Å². The highest BCUT2D eigenvalue weighted by Crippen LogP contribution is 2.33. The zero-order valence-electron chi connectivity index (χ0n) is 14.1. The summed E-state index contributed by atoms with van der Waals surface area (Å²) >= 11 is 0. The van der Waals surface area contributed by atoms with Crippen LogP contribution < -0.4 is 20.0 Å². The van der Waals surface area contributed by atoms with E-state index in [4.69, 9.17) is 13.9 Å². The average molecular weight is 376 g/mol. The molecule has 0 atom stereocenters. The molecule has 0 unspecified atom stereocenters. The Morgan fingerprint density at radius 2 is 1.81 bits per heavy atom. The predicted molar refractivity (Wildman–Crippen MR) is 94.4 cm³/mol. The third kappa shape index (κ3) is 2.70. The molecule has 0 saturated heterocycles. The van der Waals surface area contributed by atoms with Crippen molar-refractivity contribution >= 4 is 26.8 Å². The van der Waals surface area contributed by atoms with E-state index in [1.807, 2.05) is 0 Å². The summed E-state index contributed by atoms with van der Waals surface area (Å²) in [5, 5.41) is 0. The lowest BCUT2D eigenvalue weighted by Crippen LogP contribution is -2.17. The fraction of sp³-hybridized carbons (Fsp3) is 0.235. The van der Waals surface area contributed by atoms with Crippen LogP contribution >= 0.6 is 0 Å². The first kappa shape index (κ1) is 16.5. The molecule has 9 heteroatoms. The highest BCUT2D eigenvalue weighted by Gasteiger charge is 2.21. The number of aromatic nitrogens is 1. The summed E-state index contributed by atoms with van der Waals surface area (Å²) in [6.07, 6.45) is 0. The van der Waals surface area contributed by atoms with E-state index < -0.39 is 15.8 Å². The summed E-state index contributed by atoms with van der Waals surface area (Å²) in [5.41, 5.74) is 1.60. The molecule has 4 rings (SSSR count). The Hall–Kier alpha value is -2.94. The monoisotopic (exact) mass is 376 g/mol. The van der Waals surface area contributed by atoms with E-state index in [0.717, 1.165) is 0 Å². The molecule has 2 aromatic carbocycles. The number of oxazole rings is 1. The predicted octanol–water partition coefficient (Wildman–Crippen LogP) is 2.01. The molecule has 0 aliphatic carbocycles. The number of rotatable bonds is 3. The van der Waals surface area contributed by atoms with Crippen LogP contribution in [0.3, 0.4) is 0 Å². The van der Waals surface area contributed by atoms with Crippen molar-refractivity contribution in [2.24, 2.45) is 7.05 Å². The maximum absolute atomic E-state index is 12.8. The van der Waals surface area contributed by atoms with Crippen molar-refractivity contribution in [2.45, 2.75) is 11.8 Å². The third-order valence-corrected chi connectivity index (χ3v) is 5.70. The molecular weight excluding hydrogens is 360 g/mol. The molecule has 136 valence electrons. The van der Waals surface area contributed by atoms with Crippen molar-refractivity contribution < 1.29 is 22.3 Å². The Labute approximate surface area is 149 Å². The van der Waals surface area contributed by atoms with Crippen molar-refractivity contribution in [1.82, 2.24) is 4.57 Å². The van der Waals surface area contributed by atoms with Crippen molar-refractivity contribution in [3.63, 3.8) is 0 Å². The molecule has 0 saturated carbocycles. The van der Waals surface area contributed by atoms with Gasteiger partial charge in [-0.3, -0.25) is 9.29 Å². The molecule has 0 fully saturated rings. The fourth-order valence-electron chi connectivity index (χ4n) is 2.87. The molecule has 0 bridgehead atoms. The number of ether oxygens (including phenoxy) is 2. The summed E-state index contributed by atoms with van der Waals surface area (Å²) < 4.78 is 45.5. The van der Waals surface area contributed by atoms with Gasteiger partial charge in [-0.15, -0.1) is 0 Å². The lowest BCUT2D eigenvalue weighted by atomic mass is 10.2. The molecule has 0 spiro atoms. The lowest BCUT2D eigenvalue weighted by molar-refractivity contribution is 0.171. The topological polar surface area (TPSA) is 99.8 Å². The normalized spacial score (nSPS) is 13.8. The Morgan fingerprint density at radius 3 is 2.58 bits per heavy atom. The molecule has 1 aliphatic rings. The van der Waals surface area contributed by atoms with E-state index in [-0.39, 0.29) is 10.5 Å². The van der Waals surface area contributed by atoms with Crippen molar-refractivity contribution in [2.75, 3.05) is 17.9 Å². The number of benzene rings is 2. The maximum Gasteiger partial charge on any atom is 0.419 e. The fourth-order valence-corrected chi connectivity index (χ4v) is 4.16. The van der Waals surface area contributed by atoms with Gasteiger partial charge in [0.05, 0.1) is 16.1 Å². The number of sulfonamides is 1. The van der Waals surface area contributed by atoms with Gasteiger partial charge in [0.1, 0.15) is 13.2 Å².